The molecule has 2 aromatic heterocycles. The average Bonchev–Trinajstić information content (AvgIpc) is 3.27. The fraction of sp³-hybridized carbons (Fsp3) is 0.368. The molecule has 1 aromatic carbocycles. The van der Waals surface area contributed by atoms with E-state index < -0.39 is 0 Å². The number of nitrogens with zero attached hydrogens (tertiary/aromatic N) is 3. The Bertz CT molecular complexity index is 967. The van der Waals surface area contributed by atoms with Gasteiger partial charge in [-0.25, -0.2) is 4.98 Å². The third-order valence-electron chi connectivity index (χ3n) is 4.76. The minimum atomic E-state index is 0.305. The van der Waals surface area contributed by atoms with E-state index in [2.05, 4.69) is 27.9 Å². The zero-order valence-electron chi connectivity index (χ0n) is 15.0. The summed E-state index contributed by atoms with van der Waals surface area (Å²) in [4.78, 5) is 13.5. The summed E-state index contributed by atoms with van der Waals surface area (Å²) in [6.07, 6.45) is 2.36. The van der Waals surface area contributed by atoms with Crippen LogP contribution >= 0.6 is 22.9 Å². The predicted molar refractivity (Wildman–Crippen MR) is 107 cm³/mol. The Balaban J connectivity index is 1.96. The number of halogens is 1. The van der Waals surface area contributed by atoms with E-state index in [0.29, 0.717) is 16.8 Å². The lowest BCUT2D eigenvalue weighted by atomic mass is 10.0. The molecule has 0 N–H and O–H groups in total. The van der Waals surface area contributed by atoms with Crippen LogP contribution in [0.25, 0.3) is 21.3 Å². The highest BCUT2D eigenvalue weighted by Gasteiger charge is 2.24. The molecule has 7 heteroatoms. The fourth-order valence-corrected chi connectivity index (χ4v) is 4.82. The van der Waals surface area contributed by atoms with Crippen LogP contribution in [0.2, 0.25) is 5.28 Å². The summed E-state index contributed by atoms with van der Waals surface area (Å²) in [5, 5.41) is 1.38. The highest BCUT2D eigenvalue weighted by atomic mass is 35.5. The second kappa shape index (κ2) is 6.93. The van der Waals surface area contributed by atoms with Crippen molar-refractivity contribution < 1.29 is 9.47 Å². The van der Waals surface area contributed by atoms with Gasteiger partial charge in [-0.3, -0.25) is 0 Å². The maximum absolute atomic E-state index is 6.22. The Morgan fingerprint density at radius 1 is 1.08 bits per heavy atom. The monoisotopic (exact) mass is 389 g/mol. The first-order valence-electron chi connectivity index (χ1n) is 8.56. The predicted octanol–water partition coefficient (Wildman–Crippen LogP) is 4.94. The number of ether oxygens (including phenoxy) is 2. The summed E-state index contributed by atoms with van der Waals surface area (Å²) in [5.74, 6) is 2.36. The summed E-state index contributed by atoms with van der Waals surface area (Å²) in [6, 6.07) is 6.00. The van der Waals surface area contributed by atoms with Gasteiger partial charge in [-0.2, -0.15) is 4.98 Å². The average molecular weight is 390 g/mol. The van der Waals surface area contributed by atoms with Gasteiger partial charge in [0.1, 0.15) is 10.6 Å². The summed E-state index contributed by atoms with van der Waals surface area (Å²) in [5.41, 5.74) is 2.21. The fourth-order valence-electron chi connectivity index (χ4n) is 3.57. The van der Waals surface area contributed by atoms with Crippen molar-refractivity contribution in [3.63, 3.8) is 0 Å². The van der Waals surface area contributed by atoms with Crippen molar-refractivity contribution in [2.75, 3.05) is 32.2 Å². The number of aryl methyl sites for hydroxylation is 1. The van der Waals surface area contributed by atoms with E-state index in [1.165, 1.54) is 17.7 Å². The summed E-state index contributed by atoms with van der Waals surface area (Å²) in [7, 11) is 3.29. The van der Waals surface area contributed by atoms with Crippen LogP contribution in [0.5, 0.6) is 11.5 Å². The van der Waals surface area contributed by atoms with Gasteiger partial charge >= 0.3 is 0 Å². The van der Waals surface area contributed by atoms with Crippen molar-refractivity contribution in [2.24, 2.45) is 0 Å². The molecule has 0 amide bonds. The van der Waals surface area contributed by atoms with Crippen molar-refractivity contribution in [1.82, 2.24) is 9.97 Å². The molecule has 0 spiro atoms. The maximum atomic E-state index is 6.22. The van der Waals surface area contributed by atoms with Crippen LogP contribution < -0.4 is 14.4 Å². The first kappa shape index (κ1) is 17.4. The van der Waals surface area contributed by atoms with E-state index in [-0.39, 0.29) is 0 Å². The molecule has 3 heterocycles. The van der Waals surface area contributed by atoms with Gasteiger partial charge in [0, 0.05) is 23.5 Å². The van der Waals surface area contributed by atoms with Crippen molar-refractivity contribution in [3.8, 4) is 22.6 Å². The highest BCUT2D eigenvalue weighted by molar-refractivity contribution is 7.19. The molecule has 0 saturated carbocycles. The van der Waals surface area contributed by atoms with E-state index in [1.54, 1.807) is 25.6 Å². The number of anilines is 1. The molecule has 0 atom stereocenters. The standard InChI is InChI=1S/C19H20ClN3O2S/c1-11-15(12-6-7-13(24-2)14(10-12)25-3)16-17(23-8-4-5-9-23)21-19(20)22-18(16)26-11/h6-7,10H,4-5,8-9H2,1-3H3. The quantitative estimate of drug-likeness (QED) is 0.591. The Kier molecular flexibility index (Phi) is 4.63. The van der Waals surface area contributed by atoms with Gasteiger partial charge in [0.2, 0.25) is 5.28 Å². The van der Waals surface area contributed by atoms with Gasteiger partial charge in [-0.05, 0) is 49.1 Å². The number of rotatable bonds is 4. The lowest BCUT2D eigenvalue weighted by molar-refractivity contribution is 0.355. The molecule has 1 aliphatic rings. The molecule has 0 unspecified atom stereocenters. The number of aromatic nitrogens is 2. The first-order valence-corrected chi connectivity index (χ1v) is 9.75. The Hall–Kier alpha value is -2.05. The molecule has 0 bridgehead atoms. The Morgan fingerprint density at radius 2 is 1.81 bits per heavy atom. The molecule has 5 nitrogen and oxygen atoms in total. The minimum Gasteiger partial charge on any atom is -0.493 e. The SMILES string of the molecule is COc1ccc(-c2c(C)sc3nc(Cl)nc(N4CCCC4)c23)cc1OC. The highest BCUT2D eigenvalue weighted by Crippen LogP contribution is 2.44. The van der Waals surface area contributed by atoms with Gasteiger partial charge in [0.05, 0.1) is 19.6 Å². The van der Waals surface area contributed by atoms with E-state index in [0.717, 1.165) is 40.3 Å². The van der Waals surface area contributed by atoms with Crippen LogP contribution in [0.3, 0.4) is 0 Å². The molecule has 136 valence electrons. The number of benzene rings is 1. The normalized spacial score (nSPS) is 14.2. The summed E-state index contributed by atoms with van der Waals surface area (Å²) < 4.78 is 10.9. The summed E-state index contributed by atoms with van der Waals surface area (Å²) in [6.45, 7) is 4.12. The number of hydrogen-bond acceptors (Lipinski definition) is 6. The largest absolute Gasteiger partial charge is 0.493 e. The number of hydrogen-bond donors (Lipinski definition) is 0. The van der Waals surface area contributed by atoms with Crippen LogP contribution in [0, 0.1) is 6.92 Å². The van der Waals surface area contributed by atoms with Crippen LogP contribution in [-0.2, 0) is 0 Å². The minimum absolute atomic E-state index is 0.305. The zero-order valence-corrected chi connectivity index (χ0v) is 16.6. The maximum Gasteiger partial charge on any atom is 0.225 e. The third-order valence-corrected chi connectivity index (χ3v) is 5.93. The third kappa shape index (κ3) is 2.87. The van der Waals surface area contributed by atoms with Crippen LogP contribution in [0.15, 0.2) is 18.2 Å². The first-order chi connectivity index (χ1) is 12.6. The molecule has 1 fully saturated rings. The lowest BCUT2D eigenvalue weighted by Gasteiger charge is -2.18. The van der Waals surface area contributed by atoms with Gasteiger partial charge in [0.25, 0.3) is 0 Å². The zero-order chi connectivity index (χ0) is 18.3. The number of thiophene rings is 1. The van der Waals surface area contributed by atoms with Crippen molar-refractivity contribution in [1.29, 1.82) is 0 Å². The number of methoxy groups -OCH3 is 2. The summed E-state index contributed by atoms with van der Waals surface area (Å²) >= 11 is 7.87. The van der Waals surface area contributed by atoms with E-state index in [4.69, 9.17) is 21.1 Å². The number of fused-ring (bicyclic) bond motifs is 1. The molecule has 3 aromatic rings. The van der Waals surface area contributed by atoms with E-state index in [9.17, 15) is 0 Å². The van der Waals surface area contributed by atoms with Crippen molar-refractivity contribution >= 4 is 39.0 Å². The molecular formula is C19H20ClN3O2S. The Morgan fingerprint density at radius 3 is 2.50 bits per heavy atom. The molecule has 0 radical (unpaired) electrons. The van der Waals surface area contributed by atoms with Crippen molar-refractivity contribution in [2.45, 2.75) is 19.8 Å². The van der Waals surface area contributed by atoms with Gasteiger partial charge in [0.15, 0.2) is 11.5 Å². The molecule has 26 heavy (non-hydrogen) atoms. The molecule has 1 saturated heterocycles. The smallest absolute Gasteiger partial charge is 0.225 e. The van der Waals surface area contributed by atoms with Gasteiger partial charge in [-0.15, -0.1) is 11.3 Å². The van der Waals surface area contributed by atoms with E-state index >= 15 is 0 Å². The van der Waals surface area contributed by atoms with Gasteiger partial charge < -0.3 is 14.4 Å². The van der Waals surface area contributed by atoms with Crippen LogP contribution in [-0.4, -0.2) is 37.3 Å². The molecule has 0 aliphatic carbocycles. The second-order valence-corrected chi connectivity index (χ2v) is 7.83. The second-order valence-electron chi connectivity index (χ2n) is 6.29. The van der Waals surface area contributed by atoms with Crippen molar-refractivity contribution in [3.05, 3.63) is 28.4 Å². The lowest BCUT2D eigenvalue weighted by Crippen LogP contribution is -2.19. The topological polar surface area (TPSA) is 47.5 Å². The Labute approximate surface area is 161 Å². The van der Waals surface area contributed by atoms with Crippen LogP contribution in [0.1, 0.15) is 17.7 Å². The molecule has 4 rings (SSSR count). The van der Waals surface area contributed by atoms with E-state index in [1.807, 2.05) is 12.1 Å². The van der Waals surface area contributed by atoms with Gasteiger partial charge in [-0.1, -0.05) is 6.07 Å². The molecular weight excluding hydrogens is 370 g/mol. The molecule has 1 aliphatic heterocycles. The van der Waals surface area contributed by atoms with Crippen LogP contribution in [0.4, 0.5) is 5.82 Å².